The molecule has 47 heavy (non-hydrogen) atoms. The van der Waals surface area contributed by atoms with E-state index in [1.807, 2.05) is 0 Å². The molecule has 264 valence electrons. The molecule has 14 nitrogen and oxygen atoms in total. The van der Waals surface area contributed by atoms with E-state index in [2.05, 4.69) is 10.6 Å². The van der Waals surface area contributed by atoms with Crippen molar-refractivity contribution in [2.75, 3.05) is 64.1 Å². The summed E-state index contributed by atoms with van der Waals surface area (Å²) in [5.74, 6) is -1.84. The number of hydrogen-bond donors (Lipinski definition) is 2. The maximum Gasteiger partial charge on any atom is 0.242 e. The SMILES string of the molecule is CC(C)C(=O)CSC1CC(=O)N(CCC(=O)NCCOCCOCCNC(=O)CCN2C(=O)CC(SCC(=O)C(C)(C)C)C2=O)C1=O. The Bertz CT molecular complexity index is 1170. The van der Waals surface area contributed by atoms with E-state index in [-0.39, 0.29) is 143 Å². The van der Waals surface area contributed by atoms with Crippen LogP contribution in [0.3, 0.4) is 0 Å². The highest BCUT2D eigenvalue weighted by molar-refractivity contribution is 8.01. The monoisotopic (exact) mass is 700 g/mol. The number of nitrogens with one attached hydrogen (secondary N) is 2. The third-order valence-electron chi connectivity index (χ3n) is 7.36. The van der Waals surface area contributed by atoms with Crippen LogP contribution >= 0.6 is 23.5 Å². The second-order valence-electron chi connectivity index (χ2n) is 12.5. The summed E-state index contributed by atoms with van der Waals surface area (Å²) in [6.07, 6.45) is -0.00245. The Kier molecular flexibility index (Phi) is 17.1. The first-order chi connectivity index (χ1) is 22.1. The van der Waals surface area contributed by atoms with Gasteiger partial charge in [-0.2, -0.15) is 0 Å². The normalized spacial score (nSPS) is 18.4. The molecule has 0 aromatic heterocycles. The van der Waals surface area contributed by atoms with Crippen molar-refractivity contribution in [3.63, 3.8) is 0 Å². The van der Waals surface area contributed by atoms with Gasteiger partial charge in [0.1, 0.15) is 11.6 Å². The Labute approximate surface area is 284 Å². The van der Waals surface area contributed by atoms with Crippen molar-refractivity contribution in [1.82, 2.24) is 20.4 Å². The van der Waals surface area contributed by atoms with Gasteiger partial charge >= 0.3 is 0 Å². The number of imide groups is 2. The molecule has 0 aromatic carbocycles. The van der Waals surface area contributed by atoms with Gasteiger partial charge in [0.25, 0.3) is 0 Å². The first-order valence-electron chi connectivity index (χ1n) is 15.8. The minimum absolute atomic E-state index is 0.00505. The molecule has 6 amide bonds. The highest BCUT2D eigenvalue weighted by atomic mass is 32.2. The van der Waals surface area contributed by atoms with Crippen LogP contribution in [0, 0.1) is 11.3 Å². The van der Waals surface area contributed by atoms with Gasteiger partial charge in [0, 0.05) is 63.2 Å². The molecule has 0 saturated carbocycles. The zero-order chi connectivity index (χ0) is 35.1. The van der Waals surface area contributed by atoms with Gasteiger partial charge in [-0.1, -0.05) is 34.6 Å². The summed E-state index contributed by atoms with van der Waals surface area (Å²) in [5.41, 5.74) is -0.514. The zero-order valence-corrected chi connectivity index (χ0v) is 29.6. The highest BCUT2D eigenvalue weighted by Gasteiger charge is 2.40. The molecular formula is C31H48N4O10S2. The number of Topliss-reactive ketones (excluding diaryl/α,β-unsaturated/α-hetero) is 2. The zero-order valence-electron chi connectivity index (χ0n) is 27.9. The quantitative estimate of drug-likeness (QED) is 0.119. The molecule has 0 spiro atoms. The second kappa shape index (κ2) is 19.9. The predicted molar refractivity (Wildman–Crippen MR) is 176 cm³/mol. The van der Waals surface area contributed by atoms with Crippen molar-refractivity contribution in [2.24, 2.45) is 11.3 Å². The van der Waals surface area contributed by atoms with Crippen LogP contribution in [0.25, 0.3) is 0 Å². The van der Waals surface area contributed by atoms with Crippen LogP contribution in [0.15, 0.2) is 0 Å². The number of thioether (sulfide) groups is 2. The molecule has 2 aliphatic heterocycles. The Morgan fingerprint density at radius 2 is 1.17 bits per heavy atom. The average Bonchev–Trinajstić information content (AvgIpc) is 3.43. The van der Waals surface area contributed by atoms with Gasteiger partial charge in [0.2, 0.25) is 35.4 Å². The fourth-order valence-corrected chi connectivity index (χ4v) is 6.77. The number of hydrogen-bond acceptors (Lipinski definition) is 12. The number of nitrogens with zero attached hydrogens (tertiary/aromatic N) is 2. The summed E-state index contributed by atoms with van der Waals surface area (Å²) >= 11 is 2.34. The predicted octanol–water partition coefficient (Wildman–Crippen LogP) is 0.594. The molecule has 2 heterocycles. The third kappa shape index (κ3) is 14.1. The number of carbonyl (C=O) groups excluding carboxylic acids is 8. The number of amides is 6. The fraction of sp³-hybridized carbons (Fsp3) is 0.742. The van der Waals surface area contributed by atoms with Crippen LogP contribution < -0.4 is 10.6 Å². The van der Waals surface area contributed by atoms with Crippen molar-refractivity contribution in [1.29, 1.82) is 0 Å². The van der Waals surface area contributed by atoms with Crippen molar-refractivity contribution >= 4 is 70.5 Å². The van der Waals surface area contributed by atoms with Gasteiger partial charge in [-0.25, -0.2) is 0 Å². The molecule has 0 aromatic rings. The summed E-state index contributed by atoms with van der Waals surface area (Å²) in [7, 11) is 0. The fourth-order valence-electron chi connectivity index (χ4n) is 4.23. The first kappa shape index (κ1) is 40.4. The largest absolute Gasteiger partial charge is 0.377 e. The summed E-state index contributed by atoms with van der Waals surface area (Å²) in [5, 5.41) is 4.15. The number of rotatable bonds is 22. The minimum Gasteiger partial charge on any atom is -0.377 e. The Morgan fingerprint density at radius 1 is 0.745 bits per heavy atom. The minimum atomic E-state index is -0.602. The maximum atomic E-state index is 12.6. The maximum absolute atomic E-state index is 12.6. The molecule has 2 aliphatic rings. The Balaban J connectivity index is 1.47. The van der Waals surface area contributed by atoms with Gasteiger partial charge in [-0.3, -0.25) is 48.2 Å². The molecule has 2 unspecified atom stereocenters. The molecular weight excluding hydrogens is 652 g/mol. The summed E-state index contributed by atoms with van der Waals surface area (Å²) < 4.78 is 10.8. The van der Waals surface area contributed by atoms with Gasteiger partial charge < -0.3 is 20.1 Å². The second-order valence-corrected chi connectivity index (χ2v) is 14.9. The van der Waals surface area contributed by atoms with Gasteiger partial charge in [0.05, 0.1) is 48.4 Å². The average molecular weight is 701 g/mol. The number of ketones is 2. The van der Waals surface area contributed by atoms with E-state index in [9.17, 15) is 38.4 Å². The smallest absolute Gasteiger partial charge is 0.242 e. The molecule has 2 rings (SSSR count). The summed E-state index contributed by atoms with van der Waals surface area (Å²) in [6.45, 7) is 10.4. The van der Waals surface area contributed by atoms with Crippen LogP contribution in [-0.2, 0) is 47.8 Å². The van der Waals surface area contributed by atoms with E-state index in [1.54, 1.807) is 34.6 Å². The van der Waals surface area contributed by atoms with Gasteiger partial charge in [-0.15, -0.1) is 23.5 Å². The molecule has 16 heteroatoms. The van der Waals surface area contributed by atoms with Crippen molar-refractivity contribution in [3.05, 3.63) is 0 Å². The Morgan fingerprint density at radius 3 is 1.57 bits per heavy atom. The molecule has 2 N–H and O–H groups in total. The molecule has 0 bridgehead atoms. The van der Waals surface area contributed by atoms with E-state index in [0.717, 1.165) is 9.80 Å². The standard InChI is InChI=1S/C31H48N4O10S2/c1-20(2)21(36)18-46-22-16-27(40)34(29(22)42)10-6-25(38)32-8-12-44-14-15-45-13-9-33-26(39)7-11-35-28(41)17-23(30(35)43)47-19-24(37)31(3,4)5/h20,22-23H,6-19H2,1-5H3,(H,32,38)(H,33,39). The first-order valence-corrected chi connectivity index (χ1v) is 17.9. The number of carbonyl (C=O) groups is 8. The van der Waals surface area contributed by atoms with Crippen molar-refractivity contribution < 1.29 is 47.8 Å². The molecule has 0 radical (unpaired) electrons. The third-order valence-corrected chi connectivity index (χ3v) is 9.78. The van der Waals surface area contributed by atoms with E-state index < -0.39 is 15.9 Å². The topological polar surface area (TPSA) is 186 Å². The van der Waals surface area contributed by atoms with Crippen LogP contribution in [-0.4, -0.2) is 131 Å². The molecule has 2 fully saturated rings. The van der Waals surface area contributed by atoms with E-state index in [4.69, 9.17) is 9.47 Å². The van der Waals surface area contributed by atoms with Crippen LogP contribution in [0.2, 0.25) is 0 Å². The van der Waals surface area contributed by atoms with Gasteiger partial charge in [0.15, 0.2) is 0 Å². The van der Waals surface area contributed by atoms with Crippen molar-refractivity contribution in [3.8, 4) is 0 Å². The lowest BCUT2D eigenvalue weighted by Gasteiger charge is -2.17. The highest BCUT2D eigenvalue weighted by Crippen LogP contribution is 2.28. The van der Waals surface area contributed by atoms with Crippen LogP contribution in [0.5, 0.6) is 0 Å². The van der Waals surface area contributed by atoms with Crippen LogP contribution in [0.4, 0.5) is 0 Å². The lowest BCUT2D eigenvalue weighted by Crippen LogP contribution is -2.36. The number of likely N-dealkylation sites (tertiary alicyclic amines) is 2. The lowest BCUT2D eigenvalue weighted by molar-refractivity contribution is -0.140. The van der Waals surface area contributed by atoms with E-state index >= 15 is 0 Å². The number of ether oxygens (including phenoxy) is 2. The molecule has 0 aliphatic carbocycles. The molecule has 2 saturated heterocycles. The molecule has 2 atom stereocenters. The van der Waals surface area contributed by atoms with Gasteiger partial charge in [-0.05, 0) is 0 Å². The summed E-state index contributed by atoms with van der Waals surface area (Å²) in [6, 6.07) is 0. The van der Waals surface area contributed by atoms with Crippen molar-refractivity contribution in [2.45, 2.75) is 70.8 Å². The summed E-state index contributed by atoms with van der Waals surface area (Å²) in [4.78, 5) is 99.9. The van der Waals surface area contributed by atoms with E-state index in [1.165, 1.54) is 23.5 Å². The Hall–Kier alpha value is -2.82. The van der Waals surface area contributed by atoms with E-state index in [0.29, 0.717) is 0 Å². The lowest BCUT2D eigenvalue weighted by atomic mass is 9.92. The van der Waals surface area contributed by atoms with Crippen LogP contribution in [0.1, 0.15) is 60.3 Å².